The Hall–Kier alpha value is -4.32. The second-order valence-corrected chi connectivity index (χ2v) is 13.1. The summed E-state index contributed by atoms with van der Waals surface area (Å²) in [6.45, 7) is 6.77. The van der Waals surface area contributed by atoms with E-state index in [0.29, 0.717) is 42.3 Å². The number of carbonyl (C=O) groups excluding carboxylic acids is 4. The van der Waals surface area contributed by atoms with Crippen molar-refractivity contribution in [2.24, 2.45) is 11.8 Å². The molecule has 0 aromatic heterocycles. The first kappa shape index (κ1) is 40.5. The summed E-state index contributed by atoms with van der Waals surface area (Å²) in [5.74, 6) is -2.90. The van der Waals surface area contributed by atoms with Crippen molar-refractivity contribution < 1.29 is 48.0 Å². The molecule has 11 heteroatoms. The minimum Gasteiger partial charge on any atom is -0.489 e. The number of likely N-dealkylation sites (tertiary alicyclic amines) is 1. The number of aryl methyl sites for hydroxylation is 1. The maximum Gasteiger partial charge on any atom is 0.330 e. The molecule has 0 bridgehead atoms. The van der Waals surface area contributed by atoms with Crippen molar-refractivity contribution in [2.45, 2.75) is 70.3 Å². The number of hydrogen-bond donors (Lipinski definition) is 1. The molecular weight excluding hydrogens is 666 g/mol. The van der Waals surface area contributed by atoms with E-state index in [1.165, 1.54) is 17.1 Å². The van der Waals surface area contributed by atoms with Crippen LogP contribution in [0.25, 0.3) is 0 Å². The number of rotatable bonds is 23. The lowest BCUT2D eigenvalue weighted by Crippen LogP contribution is -2.47. The smallest absolute Gasteiger partial charge is 0.330 e. The van der Waals surface area contributed by atoms with Gasteiger partial charge in [-0.15, -0.1) is 0 Å². The molecule has 0 spiro atoms. The molecule has 2 amide bonds. The summed E-state index contributed by atoms with van der Waals surface area (Å²) < 4.78 is 27.1. The van der Waals surface area contributed by atoms with E-state index in [0.717, 1.165) is 56.9 Å². The molecule has 1 heterocycles. The van der Waals surface area contributed by atoms with Crippen LogP contribution in [0.5, 0.6) is 5.75 Å². The fourth-order valence-corrected chi connectivity index (χ4v) is 7.00. The summed E-state index contributed by atoms with van der Waals surface area (Å²) in [6, 6.07) is 12.6. The minimum atomic E-state index is -1.77. The van der Waals surface area contributed by atoms with Crippen LogP contribution in [0.2, 0.25) is 0 Å². The number of aliphatic hydroxyl groups is 1. The molecule has 1 saturated heterocycles. The van der Waals surface area contributed by atoms with Gasteiger partial charge in [-0.2, -0.15) is 0 Å². The number of imide groups is 1. The first-order valence-corrected chi connectivity index (χ1v) is 18.3. The Morgan fingerprint density at radius 2 is 1.58 bits per heavy atom. The third-order valence-electron chi connectivity index (χ3n) is 9.62. The van der Waals surface area contributed by atoms with E-state index in [-0.39, 0.29) is 44.7 Å². The lowest BCUT2D eigenvalue weighted by atomic mass is 9.64. The number of methoxy groups -OCH3 is 1. The second-order valence-electron chi connectivity index (χ2n) is 13.1. The van der Waals surface area contributed by atoms with Gasteiger partial charge in [0.15, 0.2) is 0 Å². The van der Waals surface area contributed by atoms with Gasteiger partial charge >= 0.3 is 11.9 Å². The number of carbonyl (C=O) groups is 4. The molecule has 11 nitrogen and oxygen atoms in total. The molecular formula is C41H53NO10. The van der Waals surface area contributed by atoms with Crippen LogP contribution in [-0.4, -0.2) is 87.1 Å². The minimum absolute atomic E-state index is 0.0162. The van der Waals surface area contributed by atoms with Crippen LogP contribution in [0.3, 0.4) is 0 Å². The summed E-state index contributed by atoms with van der Waals surface area (Å²) in [4.78, 5) is 52.2. The zero-order valence-corrected chi connectivity index (χ0v) is 30.5. The summed E-state index contributed by atoms with van der Waals surface area (Å²) >= 11 is 0. The molecule has 0 radical (unpaired) electrons. The van der Waals surface area contributed by atoms with Gasteiger partial charge in [0.25, 0.3) is 0 Å². The fourth-order valence-electron chi connectivity index (χ4n) is 7.00. The van der Waals surface area contributed by atoms with E-state index in [4.69, 9.17) is 23.7 Å². The number of fused-ring (bicyclic) bond motifs is 2. The molecule has 2 aromatic rings. The molecule has 0 saturated carbocycles. The normalized spacial score (nSPS) is 19.4. The molecule has 52 heavy (non-hydrogen) atoms. The molecule has 282 valence electrons. The lowest BCUT2D eigenvalue weighted by Gasteiger charge is -2.42. The van der Waals surface area contributed by atoms with Crippen LogP contribution in [-0.2, 0) is 50.1 Å². The summed E-state index contributed by atoms with van der Waals surface area (Å²) in [6.07, 6.45) is 12.7. The number of allylic oxidation sites excluding steroid dienone is 1. The van der Waals surface area contributed by atoms with Crippen molar-refractivity contribution >= 4 is 23.8 Å². The number of esters is 2. The first-order valence-electron chi connectivity index (χ1n) is 18.3. The highest BCUT2D eigenvalue weighted by molar-refractivity contribution is 6.06. The zero-order chi connectivity index (χ0) is 37.3. The third kappa shape index (κ3) is 10.4. The molecule has 3 unspecified atom stereocenters. The Balaban J connectivity index is 1.30. The van der Waals surface area contributed by atoms with Gasteiger partial charge in [-0.3, -0.25) is 14.5 Å². The molecule has 2 aromatic carbocycles. The van der Waals surface area contributed by atoms with E-state index in [1.807, 2.05) is 31.2 Å². The first-order chi connectivity index (χ1) is 25.2. The number of unbranched alkanes of at least 4 members (excludes halogenated alkanes) is 7. The Kier molecular flexibility index (Phi) is 16.1. The van der Waals surface area contributed by atoms with Gasteiger partial charge in [0.05, 0.1) is 44.8 Å². The van der Waals surface area contributed by atoms with Crippen molar-refractivity contribution in [2.75, 3.05) is 53.3 Å². The average Bonchev–Trinajstić information content (AvgIpc) is 3.39. The third-order valence-corrected chi connectivity index (χ3v) is 9.62. The van der Waals surface area contributed by atoms with E-state index >= 15 is 0 Å². The van der Waals surface area contributed by atoms with Gasteiger partial charge in [0.1, 0.15) is 24.6 Å². The summed E-state index contributed by atoms with van der Waals surface area (Å²) in [7, 11) is 1.57. The second kappa shape index (κ2) is 20.7. The van der Waals surface area contributed by atoms with Crippen LogP contribution >= 0.6 is 0 Å². The molecule has 1 N–H and O–H groups in total. The van der Waals surface area contributed by atoms with Crippen LogP contribution in [0.4, 0.5) is 0 Å². The van der Waals surface area contributed by atoms with Gasteiger partial charge in [-0.1, -0.05) is 87.2 Å². The predicted molar refractivity (Wildman–Crippen MR) is 194 cm³/mol. The molecule has 4 rings (SSSR count). The van der Waals surface area contributed by atoms with Crippen molar-refractivity contribution in [1.29, 1.82) is 0 Å². The van der Waals surface area contributed by atoms with Gasteiger partial charge < -0.3 is 28.8 Å². The number of nitrogens with zero attached hydrogens (tertiary/aromatic N) is 1. The monoisotopic (exact) mass is 719 g/mol. The summed E-state index contributed by atoms with van der Waals surface area (Å²) in [5, 5.41) is 12.6. The van der Waals surface area contributed by atoms with Crippen LogP contribution in [0.15, 0.2) is 67.3 Å². The zero-order valence-electron chi connectivity index (χ0n) is 30.5. The lowest BCUT2D eigenvalue weighted by molar-refractivity contribution is -0.143. The number of amides is 2. The van der Waals surface area contributed by atoms with Crippen LogP contribution in [0, 0.1) is 18.8 Å². The highest BCUT2D eigenvalue weighted by atomic mass is 16.6. The van der Waals surface area contributed by atoms with Crippen LogP contribution in [0.1, 0.15) is 73.6 Å². The molecule has 1 aliphatic heterocycles. The van der Waals surface area contributed by atoms with Gasteiger partial charge in [0.2, 0.25) is 11.8 Å². The Labute approximate surface area is 306 Å². The maximum atomic E-state index is 13.9. The quantitative estimate of drug-likeness (QED) is 0.0690. The number of ether oxygens (including phenoxy) is 5. The fraction of sp³-hybridized carbons (Fsp3) is 0.512. The van der Waals surface area contributed by atoms with E-state index < -0.39 is 29.3 Å². The van der Waals surface area contributed by atoms with Crippen molar-refractivity contribution in [3.05, 3.63) is 89.5 Å². The van der Waals surface area contributed by atoms with Gasteiger partial charge in [0, 0.05) is 24.8 Å². The SMILES string of the molecule is C=CC(=O)OCCCCCCCCC/C=C/C(=O)OCCOc1c(C)ccc2c1CC1C(=O)N(CCOCCOC)C(=O)C1C2(O)c1ccccc1. The average molecular weight is 720 g/mol. The molecule has 2 aliphatic rings. The van der Waals surface area contributed by atoms with Crippen molar-refractivity contribution in [1.82, 2.24) is 4.90 Å². The van der Waals surface area contributed by atoms with E-state index in [9.17, 15) is 24.3 Å². The highest BCUT2D eigenvalue weighted by Gasteiger charge is 2.61. The topological polar surface area (TPSA) is 138 Å². The maximum absolute atomic E-state index is 13.9. The van der Waals surface area contributed by atoms with Crippen molar-refractivity contribution in [3.63, 3.8) is 0 Å². The molecule has 1 fully saturated rings. The van der Waals surface area contributed by atoms with E-state index in [1.54, 1.807) is 31.4 Å². The Morgan fingerprint density at radius 3 is 2.31 bits per heavy atom. The van der Waals surface area contributed by atoms with E-state index in [2.05, 4.69) is 6.58 Å². The largest absolute Gasteiger partial charge is 0.489 e. The Morgan fingerprint density at radius 1 is 0.865 bits per heavy atom. The molecule has 1 aliphatic carbocycles. The number of benzene rings is 2. The molecule has 3 atom stereocenters. The Bertz CT molecular complexity index is 1540. The summed E-state index contributed by atoms with van der Waals surface area (Å²) in [5.41, 5.74) is 0.720. The van der Waals surface area contributed by atoms with Crippen molar-refractivity contribution in [3.8, 4) is 5.75 Å². The van der Waals surface area contributed by atoms with Crippen LogP contribution < -0.4 is 4.74 Å². The van der Waals surface area contributed by atoms with Gasteiger partial charge in [-0.05, 0) is 49.3 Å². The standard InChI is InChI=1S/C41H53NO10/c1-4-35(43)50-23-16-11-9-7-5-6-8-10-15-19-36(44)51-27-28-52-38-30(2)20-21-34-32(38)29-33-37(41(34,47)31-17-13-12-14-18-31)40(46)42(39(33)45)22-24-49-26-25-48-3/h4,12-15,17-21,33,37,47H,1,5-11,16,22-29H2,2-3H3/b19-15+. The number of hydrogen-bond acceptors (Lipinski definition) is 10. The predicted octanol–water partition coefficient (Wildman–Crippen LogP) is 5.38. The van der Waals surface area contributed by atoms with Gasteiger partial charge in [-0.25, -0.2) is 9.59 Å². The highest BCUT2D eigenvalue weighted by Crippen LogP contribution is 2.53.